The second-order valence-corrected chi connectivity index (χ2v) is 3.58. The van der Waals surface area contributed by atoms with Crippen molar-refractivity contribution in [3.8, 4) is 11.5 Å². The van der Waals surface area contributed by atoms with Crippen molar-refractivity contribution in [3.05, 3.63) is 42.2 Å². The molecule has 2 rings (SSSR count). The summed E-state index contributed by atoms with van der Waals surface area (Å²) < 4.78 is 7.24. The molecule has 0 spiro atoms. The van der Waals surface area contributed by atoms with Crippen molar-refractivity contribution in [2.75, 3.05) is 6.61 Å². The van der Waals surface area contributed by atoms with Gasteiger partial charge in [-0.3, -0.25) is 4.68 Å². The van der Waals surface area contributed by atoms with Crippen molar-refractivity contribution >= 4 is 0 Å². The summed E-state index contributed by atoms with van der Waals surface area (Å²) in [5, 5.41) is 12.8. The number of benzene rings is 1. The molecule has 1 aromatic carbocycles. The van der Waals surface area contributed by atoms with Crippen molar-refractivity contribution in [2.24, 2.45) is 0 Å². The highest BCUT2D eigenvalue weighted by Gasteiger charge is 2.00. The van der Waals surface area contributed by atoms with E-state index in [-0.39, 0.29) is 6.61 Å². The van der Waals surface area contributed by atoms with E-state index in [1.54, 1.807) is 17.1 Å². The summed E-state index contributed by atoms with van der Waals surface area (Å²) in [5.74, 6) is 1.46. The lowest BCUT2D eigenvalue weighted by atomic mass is 10.2. The number of ether oxygens (including phenoxy) is 1. The number of aromatic nitrogens is 2. The van der Waals surface area contributed by atoms with Gasteiger partial charge in [0, 0.05) is 0 Å². The van der Waals surface area contributed by atoms with Crippen LogP contribution in [0.3, 0.4) is 0 Å². The maximum atomic E-state index is 8.75. The van der Waals surface area contributed by atoms with Crippen molar-refractivity contribution in [2.45, 2.75) is 13.5 Å². The molecular weight excluding hydrogens is 204 g/mol. The van der Waals surface area contributed by atoms with Crippen molar-refractivity contribution in [1.82, 2.24) is 9.78 Å². The summed E-state index contributed by atoms with van der Waals surface area (Å²) in [6.45, 7) is 2.59. The van der Waals surface area contributed by atoms with E-state index >= 15 is 0 Å². The largest absolute Gasteiger partial charge is 0.454 e. The van der Waals surface area contributed by atoms with E-state index in [1.165, 1.54) is 5.56 Å². The Bertz CT molecular complexity index is 448. The molecule has 0 bridgehead atoms. The maximum Gasteiger partial charge on any atom is 0.165 e. The fraction of sp³-hybridized carbons (Fsp3) is 0.250. The van der Waals surface area contributed by atoms with Gasteiger partial charge >= 0.3 is 0 Å². The first-order valence-electron chi connectivity index (χ1n) is 5.16. The summed E-state index contributed by atoms with van der Waals surface area (Å²) in [7, 11) is 0. The van der Waals surface area contributed by atoms with Gasteiger partial charge in [-0.2, -0.15) is 5.10 Å². The molecule has 0 aliphatic heterocycles. The summed E-state index contributed by atoms with van der Waals surface area (Å²) >= 11 is 0. The van der Waals surface area contributed by atoms with Gasteiger partial charge in [0.05, 0.1) is 25.5 Å². The molecule has 0 aliphatic rings. The van der Waals surface area contributed by atoms with Gasteiger partial charge < -0.3 is 9.84 Å². The number of hydrogen-bond acceptors (Lipinski definition) is 3. The number of hydrogen-bond donors (Lipinski definition) is 1. The Morgan fingerprint density at radius 3 is 2.69 bits per heavy atom. The lowest BCUT2D eigenvalue weighted by Gasteiger charge is -2.02. The number of aliphatic hydroxyl groups excluding tert-OH is 1. The molecule has 2 aromatic rings. The topological polar surface area (TPSA) is 47.3 Å². The Morgan fingerprint density at radius 1 is 1.25 bits per heavy atom. The van der Waals surface area contributed by atoms with Crippen molar-refractivity contribution in [1.29, 1.82) is 0 Å². The van der Waals surface area contributed by atoms with E-state index in [2.05, 4.69) is 5.10 Å². The second kappa shape index (κ2) is 4.81. The Morgan fingerprint density at radius 2 is 2.00 bits per heavy atom. The van der Waals surface area contributed by atoms with Gasteiger partial charge in [-0.1, -0.05) is 17.7 Å². The monoisotopic (exact) mass is 218 g/mol. The molecule has 0 amide bonds. The Balaban J connectivity index is 2.05. The fourth-order valence-electron chi connectivity index (χ4n) is 1.36. The van der Waals surface area contributed by atoms with E-state index in [0.717, 1.165) is 5.75 Å². The van der Waals surface area contributed by atoms with Gasteiger partial charge in [0.1, 0.15) is 5.75 Å². The molecule has 16 heavy (non-hydrogen) atoms. The molecule has 0 atom stereocenters. The summed E-state index contributed by atoms with van der Waals surface area (Å²) in [6.07, 6.45) is 3.39. The maximum absolute atomic E-state index is 8.75. The van der Waals surface area contributed by atoms with Gasteiger partial charge in [0.15, 0.2) is 5.75 Å². The van der Waals surface area contributed by atoms with Gasteiger partial charge in [-0.05, 0) is 19.1 Å². The van der Waals surface area contributed by atoms with Crippen LogP contribution in [0, 0.1) is 6.92 Å². The highest BCUT2D eigenvalue weighted by molar-refractivity contribution is 5.30. The van der Waals surface area contributed by atoms with E-state index in [4.69, 9.17) is 9.84 Å². The predicted molar refractivity (Wildman–Crippen MR) is 60.6 cm³/mol. The Hall–Kier alpha value is -1.81. The van der Waals surface area contributed by atoms with Crippen LogP contribution in [0.1, 0.15) is 5.56 Å². The molecule has 4 nitrogen and oxygen atoms in total. The van der Waals surface area contributed by atoms with E-state index < -0.39 is 0 Å². The van der Waals surface area contributed by atoms with Crippen LogP contribution in [0.2, 0.25) is 0 Å². The summed E-state index contributed by atoms with van der Waals surface area (Å²) in [6, 6.07) is 7.82. The van der Waals surface area contributed by atoms with E-state index in [1.807, 2.05) is 31.2 Å². The molecule has 0 unspecified atom stereocenters. The molecule has 0 saturated carbocycles. The Kier molecular flexibility index (Phi) is 3.22. The molecule has 1 N–H and O–H groups in total. The quantitative estimate of drug-likeness (QED) is 0.853. The zero-order chi connectivity index (χ0) is 11.4. The molecule has 0 saturated heterocycles. The van der Waals surface area contributed by atoms with E-state index in [0.29, 0.717) is 12.3 Å². The molecule has 0 aliphatic carbocycles. The molecule has 0 radical (unpaired) electrons. The first kappa shape index (κ1) is 10.7. The third kappa shape index (κ3) is 2.61. The lowest BCUT2D eigenvalue weighted by Crippen LogP contribution is -2.01. The minimum absolute atomic E-state index is 0.0751. The average Bonchev–Trinajstić information content (AvgIpc) is 2.70. The normalized spacial score (nSPS) is 10.4. The van der Waals surface area contributed by atoms with Gasteiger partial charge in [-0.15, -0.1) is 0 Å². The van der Waals surface area contributed by atoms with Crippen LogP contribution < -0.4 is 4.74 Å². The van der Waals surface area contributed by atoms with Crippen LogP contribution >= 0.6 is 0 Å². The van der Waals surface area contributed by atoms with Crippen molar-refractivity contribution in [3.63, 3.8) is 0 Å². The van der Waals surface area contributed by atoms with Crippen molar-refractivity contribution < 1.29 is 9.84 Å². The van der Waals surface area contributed by atoms with Crippen LogP contribution in [0.15, 0.2) is 36.7 Å². The zero-order valence-corrected chi connectivity index (χ0v) is 9.13. The standard InChI is InChI=1S/C12H14N2O2/c1-10-2-4-11(5-3-10)16-12-8-13-14(9-12)6-7-15/h2-5,8-9,15H,6-7H2,1H3. The van der Waals surface area contributed by atoms with Gasteiger partial charge in [0.25, 0.3) is 0 Å². The molecule has 0 fully saturated rings. The third-order valence-electron chi connectivity index (χ3n) is 2.20. The molecule has 1 aromatic heterocycles. The van der Waals surface area contributed by atoms with Gasteiger partial charge in [0.2, 0.25) is 0 Å². The zero-order valence-electron chi connectivity index (χ0n) is 9.13. The van der Waals surface area contributed by atoms with Crippen LogP contribution in [-0.4, -0.2) is 21.5 Å². The number of aliphatic hydroxyl groups is 1. The highest BCUT2D eigenvalue weighted by Crippen LogP contribution is 2.20. The Labute approximate surface area is 94.1 Å². The van der Waals surface area contributed by atoms with E-state index in [9.17, 15) is 0 Å². The molecule has 84 valence electrons. The van der Waals surface area contributed by atoms with Crippen LogP contribution in [0.5, 0.6) is 11.5 Å². The SMILES string of the molecule is Cc1ccc(Oc2cnn(CCO)c2)cc1. The van der Waals surface area contributed by atoms with Gasteiger partial charge in [-0.25, -0.2) is 0 Å². The highest BCUT2D eigenvalue weighted by atomic mass is 16.5. The summed E-state index contributed by atoms with van der Waals surface area (Å²) in [5.41, 5.74) is 1.20. The van der Waals surface area contributed by atoms with Crippen LogP contribution in [0.4, 0.5) is 0 Å². The summed E-state index contributed by atoms with van der Waals surface area (Å²) in [4.78, 5) is 0. The number of aryl methyl sites for hydroxylation is 1. The molecular formula is C12H14N2O2. The predicted octanol–water partition coefficient (Wildman–Crippen LogP) is 1.98. The first-order valence-corrected chi connectivity index (χ1v) is 5.16. The lowest BCUT2D eigenvalue weighted by molar-refractivity contribution is 0.269. The fourth-order valence-corrected chi connectivity index (χ4v) is 1.36. The molecule has 4 heteroatoms. The number of nitrogens with zero attached hydrogens (tertiary/aromatic N) is 2. The average molecular weight is 218 g/mol. The third-order valence-corrected chi connectivity index (χ3v) is 2.20. The first-order chi connectivity index (χ1) is 7.78. The smallest absolute Gasteiger partial charge is 0.165 e. The minimum atomic E-state index is 0.0751. The number of rotatable bonds is 4. The van der Waals surface area contributed by atoms with Crippen LogP contribution in [0.25, 0.3) is 0 Å². The van der Waals surface area contributed by atoms with Crippen LogP contribution in [-0.2, 0) is 6.54 Å². The minimum Gasteiger partial charge on any atom is -0.454 e. The second-order valence-electron chi connectivity index (χ2n) is 3.58. The molecule has 1 heterocycles.